The molecule has 2 aromatic rings. The van der Waals surface area contributed by atoms with Crippen molar-refractivity contribution in [1.82, 2.24) is 0 Å². The molecule has 0 spiro atoms. The van der Waals surface area contributed by atoms with Crippen molar-refractivity contribution in [3.63, 3.8) is 0 Å². The number of anilines is 1. The molecule has 1 aliphatic rings. The van der Waals surface area contributed by atoms with Crippen LogP contribution in [-0.2, 0) is 17.6 Å². The Hall–Kier alpha value is -3.49. The van der Waals surface area contributed by atoms with Crippen LogP contribution in [0.4, 0.5) is 10.7 Å². The van der Waals surface area contributed by atoms with Crippen LogP contribution in [0.5, 0.6) is 0 Å². The van der Waals surface area contributed by atoms with E-state index < -0.39 is 10.8 Å². The van der Waals surface area contributed by atoms with Crippen LogP contribution in [0, 0.1) is 39.7 Å². The van der Waals surface area contributed by atoms with E-state index in [-0.39, 0.29) is 11.3 Å². The van der Waals surface area contributed by atoms with Gasteiger partial charge in [0.25, 0.3) is 11.6 Å². The van der Waals surface area contributed by atoms with Crippen LogP contribution >= 0.6 is 11.3 Å². The van der Waals surface area contributed by atoms with Crippen LogP contribution in [0.2, 0.25) is 0 Å². The fourth-order valence-corrected chi connectivity index (χ4v) is 4.41. The Balaban J connectivity index is 1.90. The zero-order valence-corrected chi connectivity index (χ0v) is 15.9. The maximum atomic E-state index is 12.6. The number of thiophene rings is 1. The number of carbonyl (C=O) groups is 1. The molecule has 7 nitrogen and oxygen atoms in total. The number of carbonyl (C=O) groups excluding carboxylic acids is 1. The molecule has 1 heterocycles. The first kappa shape index (κ1) is 19.3. The highest BCUT2D eigenvalue weighted by Crippen LogP contribution is 2.37. The van der Waals surface area contributed by atoms with E-state index in [2.05, 4.69) is 11.4 Å². The minimum atomic E-state index is -0.638. The Morgan fingerprint density at radius 1 is 1.32 bits per heavy atom. The maximum Gasteiger partial charge on any atom is 0.272 e. The van der Waals surface area contributed by atoms with E-state index >= 15 is 0 Å². The third kappa shape index (κ3) is 3.78. The summed E-state index contributed by atoms with van der Waals surface area (Å²) >= 11 is 1.38. The van der Waals surface area contributed by atoms with Crippen molar-refractivity contribution >= 4 is 34.0 Å². The quantitative estimate of drug-likeness (QED) is 0.361. The van der Waals surface area contributed by atoms with Gasteiger partial charge < -0.3 is 5.32 Å². The van der Waals surface area contributed by atoms with Crippen molar-refractivity contribution in [3.05, 3.63) is 61.0 Å². The highest BCUT2D eigenvalue weighted by molar-refractivity contribution is 7.16. The molecule has 0 aliphatic heterocycles. The number of rotatable bonds is 4. The first-order valence-electron chi connectivity index (χ1n) is 8.67. The number of fused-ring (bicyclic) bond motifs is 1. The van der Waals surface area contributed by atoms with Crippen molar-refractivity contribution in [1.29, 1.82) is 10.5 Å². The van der Waals surface area contributed by atoms with Gasteiger partial charge in [-0.15, -0.1) is 11.3 Å². The highest BCUT2D eigenvalue weighted by atomic mass is 32.1. The molecule has 1 aromatic heterocycles. The van der Waals surface area contributed by atoms with Crippen LogP contribution in [0.3, 0.4) is 0 Å². The van der Waals surface area contributed by atoms with Gasteiger partial charge in [-0.2, -0.15) is 10.5 Å². The van der Waals surface area contributed by atoms with Gasteiger partial charge in [0, 0.05) is 16.5 Å². The van der Waals surface area contributed by atoms with Gasteiger partial charge in [0.15, 0.2) is 0 Å². The monoisotopic (exact) mass is 392 g/mol. The minimum absolute atomic E-state index is 0.0795. The number of benzene rings is 1. The van der Waals surface area contributed by atoms with Gasteiger partial charge in [0.1, 0.15) is 22.7 Å². The van der Waals surface area contributed by atoms with Gasteiger partial charge in [0.2, 0.25) is 0 Å². The smallest absolute Gasteiger partial charge is 0.272 e. The van der Waals surface area contributed by atoms with E-state index in [1.807, 2.05) is 6.07 Å². The molecule has 0 radical (unpaired) electrons. The number of amides is 1. The summed E-state index contributed by atoms with van der Waals surface area (Å²) in [4.78, 5) is 24.3. The Morgan fingerprint density at radius 3 is 2.75 bits per heavy atom. The van der Waals surface area contributed by atoms with Crippen LogP contribution in [0.25, 0.3) is 6.08 Å². The van der Waals surface area contributed by atoms with Crippen LogP contribution in [-0.4, -0.2) is 10.8 Å². The molecule has 0 saturated carbocycles. The fraction of sp³-hybridized carbons (Fsp3) is 0.250. The van der Waals surface area contributed by atoms with Crippen molar-refractivity contribution in [2.45, 2.75) is 32.6 Å². The van der Waals surface area contributed by atoms with Gasteiger partial charge in [0.05, 0.1) is 10.5 Å². The molecule has 0 atom stereocenters. The van der Waals surface area contributed by atoms with Crippen LogP contribution in [0.15, 0.2) is 23.8 Å². The summed E-state index contributed by atoms with van der Waals surface area (Å²) in [5, 5.41) is 33.1. The predicted octanol–water partition coefficient (Wildman–Crippen LogP) is 4.26. The standard InChI is InChI=1S/C20H16N4O3S/c1-12-6-7-13(9-17(12)24(26)27)8-14(10-21)19(25)23-20-16(11-22)15-4-2-3-5-18(15)28-20/h6-9H,2-5H2,1H3,(H,23,25)/b14-8-. The first-order valence-corrected chi connectivity index (χ1v) is 9.49. The first-order chi connectivity index (χ1) is 13.4. The molecule has 0 unspecified atom stereocenters. The summed E-state index contributed by atoms with van der Waals surface area (Å²) in [6, 6.07) is 8.49. The largest absolute Gasteiger partial charge is 0.312 e. The average molecular weight is 392 g/mol. The number of hydrogen-bond donors (Lipinski definition) is 1. The van der Waals surface area contributed by atoms with E-state index in [9.17, 15) is 25.4 Å². The summed E-state index contributed by atoms with van der Waals surface area (Å²) < 4.78 is 0. The zero-order valence-electron chi connectivity index (χ0n) is 15.1. The average Bonchev–Trinajstić information content (AvgIpc) is 3.03. The lowest BCUT2D eigenvalue weighted by molar-refractivity contribution is -0.385. The third-order valence-corrected chi connectivity index (χ3v) is 5.82. The molecule has 1 aromatic carbocycles. The van der Waals surface area contributed by atoms with Gasteiger partial charge in [-0.1, -0.05) is 12.1 Å². The summed E-state index contributed by atoms with van der Waals surface area (Å²) in [6.07, 6.45) is 5.08. The lowest BCUT2D eigenvalue weighted by atomic mass is 9.96. The van der Waals surface area contributed by atoms with Crippen molar-refractivity contribution in [2.75, 3.05) is 5.32 Å². The second kappa shape index (κ2) is 8.03. The Bertz CT molecular complexity index is 1090. The third-order valence-electron chi connectivity index (χ3n) is 4.62. The van der Waals surface area contributed by atoms with E-state index in [1.165, 1.54) is 23.5 Å². The fourth-order valence-electron chi connectivity index (χ4n) is 3.17. The number of nitrogens with one attached hydrogen (secondary N) is 1. The van der Waals surface area contributed by atoms with Crippen LogP contribution < -0.4 is 5.32 Å². The Morgan fingerprint density at radius 2 is 2.07 bits per heavy atom. The van der Waals surface area contributed by atoms with E-state index in [4.69, 9.17) is 0 Å². The summed E-state index contributed by atoms with van der Waals surface area (Å²) in [5.41, 5.74) is 2.07. The van der Waals surface area contributed by atoms with E-state index in [0.717, 1.165) is 36.1 Å². The topological polar surface area (TPSA) is 120 Å². The molecule has 0 bridgehead atoms. The van der Waals surface area contributed by atoms with Gasteiger partial charge in [-0.3, -0.25) is 14.9 Å². The van der Waals surface area contributed by atoms with Crippen molar-refractivity contribution in [3.8, 4) is 12.1 Å². The minimum Gasteiger partial charge on any atom is -0.312 e. The second-order valence-electron chi connectivity index (χ2n) is 6.45. The lowest BCUT2D eigenvalue weighted by Crippen LogP contribution is -2.13. The molecule has 0 saturated heterocycles. The highest BCUT2D eigenvalue weighted by Gasteiger charge is 2.22. The van der Waals surface area contributed by atoms with Gasteiger partial charge in [-0.25, -0.2) is 0 Å². The van der Waals surface area contributed by atoms with E-state index in [1.54, 1.807) is 19.1 Å². The predicted molar refractivity (Wildman–Crippen MR) is 106 cm³/mol. The maximum absolute atomic E-state index is 12.6. The molecule has 1 N–H and O–H groups in total. The number of nitro benzene ring substituents is 1. The number of nitro groups is 1. The van der Waals surface area contributed by atoms with Gasteiger partial charge >= 0.3 is 0 Å². The molecule has 0 fully saturated rings. The summed E-state index contributed by atoms with van der Waals surface area (Å²) in [5.74, 6) is -0.638. The van der Waals surface area contributed by atoms with E-state index in [0.29, 0.717) is 21.7 Å². The number of nitrogens with zero attached hydrogens (tertiary/aromatic N) is 3. The Kier molecular flexibility index (Phi) is 5.53. The zero-order chi connectivity index (χ0) is 20.3. The van der Waals surface area contributed by atoms with Crippen molar-refractivity contribution in [2.24, 2.45) is 0 Å². The lowest BCUT2D eigenvalue weighted by Gasteiger charge is -2.09. The molecular formula is C20H16N4O3S. The molecule has 1 aliphatic carbocycles. The normalized spacial score (nSPS) is 13.2. The molecule has 28 heavy (non-hydrogen) atoms. The molecular weight excluding hydrogens is 376 g/mol. The Labute approximate surface area is 165 Å². The van der Waals surface area contributed by atoms with Crippen LogP contribution in [0.1, 0.15) is 40.0 Å². The molecule has 1 amide bonds. The number of hydrogen-bond acceptors (Lipinski definition) is 6. The number of nitriles is 2. The second-order valence-corrected chi connectivity index (χ2v) is 7.56. The SMILES string of the molecule is Cc1ccc(/C=C(/C#N)C(=O)Nc2sc3c(c2C#N)CCCC3)cc1[N+](=O)[O-]. The summed E-state index contributed by atoms with van der Waals surface area (Å²) in [6.45, 7) is 1.62. The molecule has 140 valence electrons. The molecule has 3 rings (SSSR count). The summed E-state index contributed by atoms with van der Waals surface area (Å²) in [7, 11) is 0. The number of aryl methyl sites for hydroxylation is 2. The molecule has 8 heteroatoms. The van der Waals surface area contributed by atoms with Crippen molar-refractivity contribution < 1.29 is 9.72 Å². The van der Waals surface area contributed by atoms with Gasteiger partial charge in [-0.05, 0) is 49.8 Å².